The van der Waals surface area contributed by atoms with Gasteiger partial charge in [0.1, 0.15) is 0 Å². The molecule has 0 radical (unpaired) electrons. The summed E-state index contributed by atoms with van der Waals surface area (Å²) in [5.74, 6) is 0.386. The highest BCUT2D eigenvalue weighted by atomic mass is 16.3. The molecule has 1 saturated heterocycles. The number of piperidine rings is 1. The fraction of sp³-hybridized carbons (Fsp3) is 0.632. The van der Waals surface area contributed by atoms with Gasteiger partial charge in [0, 0.05) is 19.6 Å². The summed E-state index contributed by atoms with van der Waals surface area (Å²) in [6, 6.07) is 7.88. The van der Waals surface area contributed by atoms with Crippen LogP contribution in [0.25, 0.3) is 0 Å². The monoisotopic (exact) mass is 331 g/mol. The molecular weight excluding hydrogens is 302 g/mol. The van der Waals surface area contributed by atoms with Crippen LogP contribution in [0.5, 0.6) is 0 Å². The first-order chi connectivity index (χ1) is 11.7. The predicted molar refractivity (Wildman–Crippen MR) is 97.5 cm³/mol. The van der Waals surface area contributed by atoms with E-state index in [1.165, 1.54) is 19.3 Å². The molecule has 0 bridgehead atoms. The lowest BCUT2D eigenvalue weighted by Gasteiger charge is -2.30. The fourth-order valence-corrected chi connectivity index (χ4v) is 3.84. The van der Waals surface area contributed by atoms with Crippen molar-refractivity contribution in [3.8, 4) is 0 Å². The number of hydrogen-bond donors (Lipinski definition) is 3. The number of aliphatic hydroxyl groups is 1. The maximum atomic E-state index is 12.3. The van der Waals surface area contributed by atoms with Crippen LogP contribution in [-0.4, -0.2) is 36.9 Å². The van der Waals surface area contributed by atoms with Crippen molar-refractivity contribution < 1.29 is 9.90 Å². The molecule has 24 heavy (non-hydrogen) atoms. The average molecular weight is 331 g/mol. The third-order valence-electron chi connectivity index (χ3n) is 5.16. The van der Waals surface area contributed by atoms with Crippen molar-refractivity contribution in [3.63, 3.8) is 0 Å². The molecule has 2 atom stereocenters. The smallest absolute Gasteiger partial charge is 0.319 e. The second kappa shape index (κ2) is 8.38. The molecule has 1 aliphatic carbocycles. The van der Waals surface area contributed by atoms with E-state index in [2.05, 4.69) is 21.6 Å². The number of nitrogens with zero attached hydrogens (tertiary/aromatic N) is 1. The van der Waals surface area contributed by atoms with E-state index in [1.807, 2.05) is 18.2 Å². The van der Waals surface area contributed by atoms with Crippen LogP contribution in [0.3, 0.4) is 0 Å². The van der Waals surface area contributed by atoms with E-state index in [0.29, 0.717) is 12.5 Å². The number of rotatable bonds is 4. The van der Waals surface area contributed by atoms with Crippen molar-refractivity contribution in [1.82, 2.24) is 5.32 Å². The van der Waals surface area contributed by atoms with Crippen LogP contribution in [-0.2, 0) is 0 Å². The molecule has 132 valence electrons. The first-order valence-corrected chi connectivity index (χ1v) is 9.29. The van der Waals surface area contributed by atoms with Gasteiger partial charge >= 0.3 is 6.03 Å². The molecule has 1 aromatic carbocycles. The van der Waals surface area contributed by atoms with Gasteiger partial charge in [-0.1, -0.05) is 18.6 Å². The van der Waals surface area contributed by atoms with Crippen LogP contribution < -0.4 is 15.5 Å². The zero-order valence-corrected chi connectivity index (χ0v) is 14.3. The Morgan fingerprint density at radius 2 is 1.92 bits per heavy atom. The zero-order chi connectivity index (χ0) is 16.8. The molecule has 0 spiro atoms. The second-order valence-corrected chi connectivity index (χ2v) is 7.09. The molecule has 5 heteroatoms. The van der Waals surface area contributed by atoms with E-state index < -0.39 is 0 Å². The number of nitrogens with one attached hydrogen (secondary N) is 2. The Hall–Kier alpha value is -1.75. The molecular formula is C19H29N3O2. The quantitative estimate of drug-likeness (QED) is 0.793. The van der Waals surface area contributed by atoms with Gasteiger partial charge in [0.25, 0.3) is 0 Å². The fourth-order valence-electron chi connectivity index (χ4n) is 3.84. The third kappa shape index (κ3) is 4.63. The summed E-state index contributed by atoms with van der Waals surface area (Å²) in [7, 11) is 0. The second-order valence-electron chi connectivity index (χ2n) is 7.09. The first kappa shape index (κ1) is 17.1. The number of anilines is 2. The minimum Gasteiger partial charge on any atom is -0.393 e. The normalized spacial score (nSPS) is 24.5. The summed E-state index contributed by atoms with van der Waals surface area (Å²) < 4.78 is 0. The van der Waals surface area contributed by atoms with Crippen molar-refractivity contribution in [2.75, 3.05) is 29.9 Å². The average Bonchev–Trinajstić information content (AvgIpc) is 2.61. The van der Waals surface area contributed by atoms with Gasteiger partial charge in [0.05, 0.1) is 17.5 Å². The largest absolute Gasteiger partial charge is 0.393 e. The number of urea groups is 1. The van der Waals surface area contributed by atoms with Crippen molar-refractivity contribution in [2.45, 2.75) is 51.0 Å². The minimum absolute atomic E-state index is 0.153. The molecule has 0 aromatic heterocycles. The summed E-state index contributed by atoms with van der Waals surface area (Å²) >= 11 is 0. The van der Waals surface area contributed by atoms with E-state index in [1.54, 1.807) is 0 Å². The van der Waals surface area contributed by atoms with Gasteiger partial charge in [-0.25, -0.2) is 4.79 Å². The highest BCUT2D eigenvalue weighted by molar-refractivity contribution is 5.93. The maximum Gasteiger partial charge on any atom is 0.319 e. The topological polar surface area (TPSA) is 64.6 Å². The van der Waals surface area contributed by atoms with E-state index in [4.69, 9.17) is 0 Å². The Bertz CT molecular complexity index is 543. The molecule has 2 unspecified atom stereocenters. The number of aliphatic hydroxyl groups excluding tert-OH is 1. The van der Waals surface area contributed by atoms with Crippen LogP contribution in [0.1, 0.15) is 44.9 Å². The Morgan fingerprint density at radius 3 is 2.71 bits per heavy atom. The lowest BCUT2D eigenvalue weighted by Crippen LogP contribution is -2.36. The third-order valence-corrected chi connectivity index (χ3v) is 5.16. The number of carbonyl (C=O) groups is 1. The summed E-state index contributed by atoms with van der Waals surface area (Å²) in [6.07, 6.45) is 7.34. The summed E-state index contributed by atoms with van der Waals surface area (Å²) in [5.41, 5.74) is 1.99. The maximum absolute atomic E-state index is 12.3. The lowest BCUT2D eigenvalue weighted by molar-refractivity contribution is 0.101. The number of benzene rings is 1. The van der Waals surface area contributed by atoms with Gasteiger partial charge in [-0.05, 0) is 56.6 Å². The standard InChI is InChI=1S/C19H29N3O2/c23-16-8-6-7-15(13-16)14-20-19(24)21-17-9-2-3-10-18(17)22-11-4-1-5-12-22/h2-3,9-10,15-16,23H,1,4-8,11-14H2,(H2,20,21,24). The SMILES string of the molecule is O=C(NCC1CCCC(O)C1)Nc1ccccc1N1CCCCC1. The number of para-hydroxylation sites is 2. The van der Waals surface area contributed by atoms with Crippen molar-refractivity contribution in [1.29, 1.82) is 0 Å². The van der Waals surface area contributed by atoms with E-state index in [-0.39, 0.29) is 12.1 Å². The summed E-state index contributed by atoms with van der Waals surface area (Å²) in [5, 5.41) is 15.7. The van der Waals surface area contributed by atoms with Crippen LogP contribution in [0.15, 0.2) is 24.3 Å². The number of hydrogen-bond acceptors (Lipinski definition) is 3. The molecule has 1 aliphatic heterocycles. The number of amides is 2. The highest BCUT2D eigenvalue weighted by Crippen LogP contribution is 2.28. The predicted octanol–water partition coefficient (Wildman–Crippen LogP) is 3.35. The van der Waals surface area contributed by atoms with Crippen LogP contribution >= 0.6 is 0 Å². The molecule has 1 aromatic rings. The summed E-state index contributed by atoms with van der Waals surface area (Å²) in [6.45, 7) is 2.75. The molecule has 3 rings (SSSR count). The minimum atomic E-state index is -0.201. The van der Waals surface area contributed by atoms with Crippen molar-refractivity contribution in [2.24, 2.45) is 5.92 Å². The van der Waals surface area contributed by atoms with Crippen LogP contribution in [0.2, 0.25) is 0 Å². The molecule has 2 amide bonds. The van der Waals surface area contributed by atoms with Gasteiger partial charge in [-0.15, -0.1) is 0 Å². The first-order valence-electron chi connectivity index (χ1n) is 9.29. The van der Waals surface area contributed by atoms with Gasteiger partial charge in [-0.2, -0.15) is 0 Å². The Balaban J connectivity index is 1.54. The van der Waals surface area contributed by atoms with E-state index in [0.717, 1.165) is 50.1 Å². The van der Waals surface area contributed by atoms with Crippen molar-refractivity contribution >= 4 is 17.4 Å². The summed E-state index contributed by atoms with van der Waals surface area (Å²) in [4.78, 5) is 14.6. The Morgan fingerprint density at radius 1 is 1.12 bits per heavy atom. The van der Waals surface area contributed by atoms with Crippen molar-refractivity contribution in [3.05, 3.63) is 24.3 Å². The van der Waals surface area contributed by atoms with Gasteiger partial charge in [-0.3, -0.25) is 0 Å². The Labute approximate surface area is 144 Å². The molecule has 2 aliphatic rings. The lowest BCUT2D eigenvalue weighted by atomic mass is 9.87. The Kier molecular flexibility index (Phi) is 5.96. The van der Waals surface area contributed by atoms with Crippen LogP contribution in [0, 0.1) is 5.92 Å². The van der Waals surface area contributed by atoms with Crippen LogP contribution in [0.4, 0.5) is 16.2 Å². The van der Waals surface area contributed by atoms with Gasteiger partial charge in [0.2, 0.25) is 0 Å². The van der Waals surface area contributed by atoms with Gasteiger partial charge in [0.15, 0.2) is 0 Å². The molecule has 5 nitrogen and oxygen atoms in total. The highest BCUT2D eigenvalue weighted by Gasteiger charge is 2.21. The van der Waals surface area contributed by atoms with Gasteiger partial charge < -0.3 is 20.6 Å². The van der Waals surface area contributed by atoms with E-state index >= 15 is 0 Å². The number of carbonyl (C=O) groups excluding carboxylic acids is 1. The zero-order valence-electron chi connectivity index (χ0n) is 14.3. The molecule has 2 fully saturated rings. The molecule has 3 N–H and O–H groups in total. The van der Waals surface area contributed by atoms with E-state index in [9.17, 15) is 9.90 Å². The molecule has 1 heterocycles. The molecule has 1 saturated carbocycles.